The van der Waals surface area contributed by atoms with E-state index in [4.69, 9.17) is 4.74 Å². The highest BCUT2D eigenvalue weighted by atomic mass is 32.2. The number of thioether (sulfide) groups is 1. The van der Waals surface area contributed by atoms with Gasteiger partial charge in [-0.05, 0) is 61.1 Å². The molecule has 2 rings (SSSR count). The number of hydrogen-bond acceptors (Lipinski definition) is 6. The lowest BCUT2D eigenvalue weighted by atomic mass is 10.2. The molecule has 142 valence electrons. The van der Waals surface area contributed by atoms with E-state index >= 15 is 0 Å². The maximum atomic E-state index is 12.6. The zero-order valence-corrected chi connectivity index (χ0v) is 17.0. The van der Waals surface area contributed by atoms with E-state index in [0.717, 1.165) is 11.3 Å². The molecular weight excluding hydrogens is 392 g/mol. The third-order valence-electron chi connectivity index (χ3n) is 3.42. The quantitative estimate of drug-likeness (QED) is 0.624. The lowest BCUT2D eigenvalue weighted by molar-refractivity contribution is -0.117. The maximum Gasteiger partial charge on any atom is 0.250 e. The summed E-state index contributed by atoms with van der Waals surface area (Å²) in [6.45, 7) is 2.46. The van der Waals surface area contributed by atoms with Crippen molar-refractivity contribution >= 4 is 44.7 Å². The van der Waals surface area contributed by atoms with Gasteiger partial charge in [0.05, 0.1) is 6.61 Å². The van der Waals surface area contributed by atoms with Crippen molar-refractivity contribution in [3.63, 3.8) is 0 Å². The van der Waals surface area contributed by atoms with Crippen LogP contribution in [0.4, 0.5) is 5.69 Å². The molecule has 0 aliphatic rings. The maximum absolute atomic E-state index is 12.6. The van der Waals surface area contributed by atoms with E-state index in [-0.39, 0.29) is 10.1 Å². The normalized spacial score (nSPS) is 12.5. The fraction of sp³-hybridized carbons (Fsp3) is 0.353. The summed E-state index contributed by atoms with van der Waals surface area (Å²) in [7, 11) is -3.72. The van der Waals surface area contributed by atoms with E-state index in [1.165, 1.54) is 6.07 Å². The molecule has 1 atom stereocenters. The minimum Gasteiger partial charge on any atom is -0.494 e. The highest BCUT2D eigenvalue weighted by Crippen LogP contribution is 2.19. The molecule has 1 aromatic heterocycles. The Labute approximate surface area is 162 Å². The highest BCUT2D eigenvalue weighted by Gasteiger charge is 2.26. The summed E-state index contributed by atoms with van der Waals surface area (Å²) >= 11 is 2.67. The second-order valence-corrected chi connectivity index (χ2v) is 9.21. The van der Waals surface area contributed by atoms with Gasteiger partial charge in [0, 0.05) is 5.69 Å². The summed E-state index contributed by atoms with van der Waals surface area (Å²) in [5.41, 5.74) is 0.586. The minimum atomic E-state index is -3.72. The molecule has 0 radical (unpaired) electrons. The first-order chi connectivity index (χ1) is 12.5. The number of ether oxygens (including phenoxy) is 1. The van der Waals surface area contributed by atoms with E-state index in [1.54, 1.807) is 47.5 Å². The van der Waals surface area contributed by atoms with Gasteiger partial charge in [-0.2, -0.15) is 16.5 Å². The Morgan fingerprint density at radius 2 is 2.00 bits per heavy atom. The van der Waals surface area contributed by atoms with Crippen LogP contribution in [0.5, 0.6) is 5.75 Å². The Morgan fingerprint density at radius 1 is 1.27 bits per heavy atom. The van der Waals surface area contributed by atoms with Crippen LogP contribution in [-0.4, -0.2) is 39.0 Å². The monoisotopic (exact) mass is 414 g/mol. The average molecular weight is 415 g/mol. The van der Waals surface area contributed by atoms with Crippen molar-refractivity contribution < 1.29 is 17.9 Å². The summed E-state index contributed by atoms with van der Waals surface area (Å²) in [4.78, 5) is 12.6. The third-order valence-corrected chi connectivity index (χ3v) is 6.93. The first-order valence-electron chi connectivity index (χ1n) is 8.04. The Hall–Kier alpha value is -1.55. The summed E-state index contributed by atoms with van der Waals surface area (Å²) in [6.07, 6.45) is 2.31. The minimum absolute atomic E-state index is 0.195. The van der Waals surface area contributed by atoms with Crippen LogP contribution >= 0.6 is 23.1 Å². The average Bonchev–Trinajstić information content (AvgIpc) is 3.16. The Bertz CT molecular complexity index is 790. The first kappa shape index (κ1) is 20.8. The van der Waals surface area contributed by atoms with Gasteiger partial charge in [0.25, 0.3) is 10.0 Å². The Morgan fingerprint density at radius 3 is 2.58 bits per heavy atom. The van der Waals surface area contributed by atoms with Crippen molar-refractivity contribution in [1.29, 1.82) is 0 Å². The number of rotatable bonds is 10. The van der Waals surface area contributed by atoms with Crippen LogP contribution in [0.1, 0.15) is 13.3 Å². The largest absolute Gasteiger partial charge is 0.494 e. The molecule has 1 heterocycles. The van der Waals surface area contributed by atoms with Gasteiger partial charge in [-0.3, -0.25) is 4.79 Å². The molecule has 0 aliphatic carbocycles. The molecule has 2 N–H and O–H groups in total. The molecule has 0 saturated heterocycles. The molecule has 1 aromatic carbocycles. The molecule has 2 aromatic rings. The SMILES string of the molecule is CCOc1ccc(NC(=O)[C@H](CCSC)NS(=O)(=O)c2cccs2)cc1. The first-order valence-corrected chi connectivity index (χ1v) is 11.8. The van der Waals surface area contributed by atoms with Crippen LogP contribution in [0.3, 0.4) is 0 Å². The van der Waals surface area contributed by atoms with Gasteiger partial charge < -0.3 is 10.1 Å². The third kappa shape index (κ3) is 6.01. The van der Waals surface area contributed by atoms with Gasteiger partial charge in [0.1, 0.15) is 16.0 Å². The standard InChI is InChI=1S/C17H22N2O4S3/c1-3-23-14-8-6-13(7-9-14)18-17(20)15(10-12-24-2)19-26(21,22)16-5-4-11-25-16/h4-9,11,15,19H,3,10,12H2,1-2H3,(H,18,20)/t15-/m0/s1. The van der Waals surface area contributed by atoms with Gasteiger partial charge in [-0.1, -0.05) is 6.07 Å². The van der Waals surface area contributed by atoms with Crippen molar-refractivity contribution in [2.75, 3.05) is 23.9 Å². The number of hydrogen-bond donors (Lipinski definition) is 2. The van der Waals surface area contributed by atoms with E-state index in [1.807, 2.05) is 13.2 Å². The number of thiophene rings is 1. The van der Waals surface area contributed by atoms with Crippen molar-refractivity contribution in [1.82, 2.24) is 4.72 Å². The number of sulfonamides is 1. The number of nitrogens with one attached hydrogen (secondary N) is 2. The second kappa shape index (κ2) is 9.96. The Kier molecular flexibility index (Phi) is 7.95. The van der Waals surface area contributed by atoms with Gasteiger partial charge >= 0.3 is 0 Å². The zero-order chi connectivity index (χ0) is 19.0. The molecule has 0 unspecified atom stereocenters. The predicted molar refractivity (Wildman–Crippen MR) is 108 cm³/mol. The highest BCUT2D eigenvalue weighted by molar-refractivity contribution is 7.98. The molecule has 0 fully saturated rings. The molecule has 26 heavy (non-hydrogen) atoms. The number of amides is 1. The van der Waals surface area contributed by atoms with Crippen LogP contribution < -0.4 is 14.8 Å². The van der Waals surface area contributed by atoms with Crippen molar-refractivity contribution in [3.05, 3.63) is 41.8 Å². The van der Waals surface area contributed by atoms with E-state index in [2.05, 4.69) is 10.0 Å². The van der Waals surface area contributed by atoms with Crippen LogP contribution in [0, 0.1) is 0 Å². The van der Waals surface area contributed by atoms with Crippen molar-refractivity contribution in [2.24, 2.45) is 0 Å². The molecule has 6 nitrogen and oxygen atoms in total. The van der Waals surface area contributed by atoms with Gasteiger partial charge in [-0.15, -0.1) is 11.3 Å². The molecule has 0 saturated carbocycles. The van der Waals surface area contributed by atoms with Crippen LogP contribution in [0.25, 0.3) is 0 Å². The van der Waals surface area contributed by atoms with Gasteiger partial charge in [0.15, 0.2) is 0 Å². The molecular formula is C17H22N2O4S3. The van der Waals surface area contributed by atoms with E-state index in [0.29, 0.717) is 30.2 Å². The topological polar surface area (TPSA) is 84.5 Å². The zero-order valence-electron chi connectivity index (χ0n) is 14.6. The number of anilines is 1. The van der Waals surface area contributed by atoms with Crippen LogP contribution in [-0.2, 0) is 14.8 Å². The molecule has 0 spiro atoms. The molecule has 0 aliphatic heterocycles. The van der Waals surface area contributed by atoms with Crippen LogP contribution in [0.2, 0.25) is 0 Å². The summed E-state index contributed by atoms with van der Waals surface area (Å²) in [6, 6.07) is 9.29. The lowest BCUT2D eigenvalue weighted by Crippen LogP contribution is -2.43. The predicted octanol–water partition coefficient (Wildman–Crippen LogP) is 3.19. The summed E-state index contributed by atoms with van der Waals surface area (Å²) in [5, 5.41) is 4.45. The van der Waals surface area contributed by atoms with Crippen molar-refractivity contribution in [3.8, 4) is 5.75 Å². The summed E-state index contributed by atoms with van der Waals surface area (Å²) in [5.74, 6) is 0.986. The smallest absolute Gasteiger partial charge is 0.250 e. The summed E-state index contributed by atoms with van der Waals surface area (Å²) < 4.78 is 32.9. The fourth-order valence-electron chi connectivity index (χ4n) is 2.17. The molecule has 0 bridgehead atoms. The van der Waals surface area contributed by atoms with E-state index in [9.17, 15) is 13.2 Å². The number of carbonyl (C=O) groups excluding carboxylic acids is 1. The van der Waals surface area contributed by atoms with Crippen LogP contribution in [0.15, 0.2) is 46.0 Å². The Balaban J connectivity index is 2.08. The number of carbonyl (C=O) groups is 1. The van der Waals surface area contributed by atoms with Gasteiger partial charge in [-0.25, -0.2) is 8.42 Å². The van der Waals surface area contributed by atoms with E-state index < -0.39 is 16.1 Å². The van der Waals surface area contributed by atoms with Crippen molar-refractivity contribution in [2.45, 2.75) is 23.6 Å². The molecule has 9 heteroatoms. The fourth-order valence-corrected chi connectivity index (χ4v) is 4.88. The second-order valence-electron chi connectivity index (χ2n) is 5.33. The number of benzene rings is 1. The van der Waals surface area contributed by atoms with Gasteiger partial charge in [0.2, 0.25) is 5.91 Å². The molecule has 1 amide bonds. The lowest BCUT2D eigenvalue weighted by Gasteiger charge is -2.18.